The number of carbonyl (C=O) groups excluding carboxylic acids is 1. The van der Waals surface area contributed by atoms with Crippen LogP contribution in [0.2, 0.25) is 0 Å². The summed E-state index contributed by atoms with van der Waals surface area (Å²) < 4.78 is 34.2. The maximum absolute atomic E-state index is 13.9. The van der Waals surface area contributed by atoms with Crippen LogP contribution in [0.3, 0.4) is 0 Å². The van der Waals surface area contributed by atoms with Crippen LogP contribution in [0.15, 0.2) is 18.2 Å². The quantitative estimate of drug-likeness (QED) is 0.136. The Morgan fingerprint density at radius 1 is 1.34 bits per heavy atom. The van der Waals surface area contributed by atoms with Gasteiger partial charge in [0.2, 0.25) is 0 Å². The Labute approximate surface area is 162 Å². The van der Waals surface area contributed by atoms with Gasteiger partial charge in [-0.25, -0.2) is 23.5 Å². The summed E-state index contributed by atoms with van der Waals surface area (Å²) in [6.45, 7) is -0.784. The Kier molecular flexibility index (Phi) is 4.15. The summed E-state index contributed by atoms with van der Waals surface area (Å²) >= 11 is 0. The molecule has 29 heavy (non-hydrogen) atoms. The highest BCUT2D eigenvalue weighted by atomic mass is 19.1. The predicted octanol–water partition coefficient (Wildman–Crippen LogP) is -5.46. The maximum atomic E-state index is 13.9. The standard InChI is InChI=1S/C16H18F2N6O5/c17-6-2-1-3-7(18)10(6)12(26)29-9-4-24-14(20)21-8(5-25)11-15(24,16(9,27)28)23-13(19)22-11/h1-3,8-9,11,25,27-28H,4-5H2,(H5,19,20,21,22,23)/p+2/t8-,9-,11-,15-/m0/s1. The average Bonchev–Trinajstić information content (AvgIpc) is 3.10. The monoisotopic (exact) mass is 414 g/mol. The Morgan fingerprint density at radius 3 is 2.62 bits per heavy atom. The van der Waals surface area contributed by atoms with Crippen LogP contribution in [0.25, 0.3) is 0 Å². The van der Waals surface area contributed by atoms with Gasteiger partial charge in [-0.1, -0.05) is 6.07 Å². The maximum Gasteiger partial charge on any atom is 0.347 e. The van der Waals surface area contributed by atoms with Gasteiger partial charge in [0, 0.05) is 0 Å². The molecule has 3 aliphatic rings. The van der Waals surface area contributed by atoms with E-state index in [-0.39, 0.29) is 18.5 Å². The lowest BCUT2D eigenvalue weighted by Crippen LogP contribution is -2.91. The Balaban J connectivity index is 1.73. The van der Waals surface area contributed by atoms with Crippen LogP contribution in [0, 0.1) is 11.6 Å². The summed E-state index contributed by atoms with van der Waals surface area (Å²) in [5.41, 5.74) is 8.98. The molecule has 0 unspecified atom stereocenters. The van der Waals surface area contributed by atoms with Gasteiger partial charge >= 0.3 is 23.6 Å². The summed E-state index contributed by atoms with van der Waals surface area (Å²) in [5, 5.41) is 37.1. The Hall–Kier alpha value is -3.03. The minimum Gasteiger partial charge on any atom is -0.449 e. The van der Waals surface area contributed by atoms with E-state index >= 15 is 0 Å². The van der Waals surface area contributed by atoms with Crippen molar-refractivity contribution in [2.75, 3.05) is 13.2 Å². The number of nitrogens with two attached hydrogens (primary N) is 2. The molecule has 3 heterocycles. The van der Waals surface area contributed by atoms with Gasteiger partial charge < -0.3 is 20.1 Å². The molecular weight excluding hydrogens is 394 g/mol. The summed E-state index contributed by atoms with van der Waals surface area (Å²) in [6, 6.07) is 1.13. The molecule has 3 aliphatic heterocycles. The van der Waals surface area contributed by atoms with Crippen molar-refractivity contribution in [3.63, 3.8) is 0 Å². The van der Waals surface area contributed by atoms with Crippen molar-refractivity contribution in [1.29, 1.82) is 0 Å². The summed E-state index contributed by atoms with van der Waals surface area (Å²) in [4.78, 5) is 15.2. The average molecular weight is 414 g/mol. The zero-order valence-electron chi connectivity index (χ0n) is 14.9. The molecule has 4 rings (SSSR count). The molecule has 10 N–H and O–H groups in total. The van der Waals surface area contributed by atoms with Gasteiger partial charge in [0.05, 0.1) is 6.61 Å². The van der Waals surface area contributed by atoms with Crippen LogP contribution >= 0.6 is 0 Å². The first-order valence-corrected chi connectivity index (χ1v) is 8.67. The van der Waals surface area contributed by atoms with E-state index in [0.29, 0.717) is 0 Å². The number of aliphatic hydroxyl groups is 3. The number of esters is 1. The highest BCUT2D eigenvalue weighted by Gasteiger charge is 2.79. The summed E-state index contributed by atoms with van der Waals surface area (Å²) in [6.07, 6.45) is -1.67. The van der Waals surface area contributed by atoms with E-state index < -0.39 is 59.4 Å². The van der Waals surface area contributed by atoms with Gasteiger partial charge in [-0.3, -0.25) is 21.8 Å². The first kappa shape index (κ1) is 19.3. The van der Waals surface area contributed by atoms with Crippen LogP contribution in [-0.2, 0) is 4.74 Å². The Morgan fingerprint density at radius 2 is 2.00 bits per heavy atom. The number of aliphatic hydroxyl groups excluding tert-OH is 1. The van der Waals surface area contributed by atoms with Crippen LogP contribution in [0.4, 0.5) is 8.78 Å². The van der Waals surface area contributed by atoms with E-state index in [4.69, 9.17) is 16.2 Å². The lowest BCUT2D eigenvalue weighted by Gasteiger charge is -2.40. The second kappa shape index (κ2) is 6.23. The number of ether oxygens (including phenoxy) is 1. The van der Waals surface area contributed by atoms with Gasteiger partial charge in [0.15, 0.2) is 12.1 Å². The topological polar surface area (TPSA) is 180 Å². The van der Waals surface area contributed by atoms with Crippen LogP contribution < -0.4 is 27.1 Å². The largest absolute Gasteiger partial charge is 0.449 e. The van der Waals surface area contributed by atoms with Crippen molar-refractivity contribution in [2.24, 2.45) is 11.5 Å². The van der Waals surface area contributed by atoms with Gasteiger partial charge in [0.1, 0.15) is 29.8 Å². The summed E-state index contributed by atoms with van der Waals surface area (Å²) in [5.74, 6) is -6.63. The molecule has 0 saturated carbocycles. The van der Waals surface area contributed by atoms with E-state index in [1.54, 1.807) is 0 Å². The molecule has 1 aromatic carbocycles. The molecule has 1 saturated heterocycles. The molecular formula is C16H20F2N6O5+2. The minimum absolute atomic E-state index is 0.0328. The molecule has 1 aromatic rings. The molecule has 0 amide bonds. The van der Waals surface area contributed by atoms with Crippen molar-refractivity contribution < 1.29 is 43.2 Å². The van der Waals surface area contributed by atoms with Crippen molar-refractivity contribution in [3.05, 3.63) is 35.4 Å². The summed E-state index contributed by atoms with van der Waals surface area (Å²) in [7, 11) is 0. The van der Waals surface area contributed by atoms with Crippen molar-refractivity contribution in [2.45, 2.75) is 29.6 Å². The molecule has 1 fully saturated rings. The van der Waals surface area contributed by atoms with E-state index in [2.05, 4.69) is 15.6 Å². The number of hydrogen-bond donors (Lipinski definition) is 8. The van der Waals surface area contributed by atoms with Gasteiger partial charge in [-0.15, -0.1) is 0 Å². The number of halogens is 2. The minimum atomic E-state index is -2.82. The van der Waals surface area contributed by atoms with Crippen LogP contribution in [-0.4, -0.2) is 80.6 Å². The molecule has 0 radical (unpaired) electrons. The van der Waals surface area contributed by atoms with E-state index in [1.165, 1.54) is 4.58 Å². The predicted molar refractivity (Wildman–Crippen MR) is 90.9 cm³/mol. The second-order valence-corrected chi connectivity index (χ2v) is 7.07. The number of hydrogen-bond acceptors (Lipinski definition) is 9. The molecule has 11 nitrogen and oxygen atoms in total. The fraction of sp³-hybridized carbons (Fsp3) is 0.438. The highest BCUT2D eigenvalue weighted by Crippen LogP contribution is 2.39. The molecule has 1 spiro atoms. The number of nitrogens with one attached hydrogen (secondary N) is 3. The number of rotatable bonds is 3. The number of benzene rings is 1. The molecule has 13 heteroatoms. The molecule has 0 aromatic heterocycles. The normalized spacial score (nSPS) is 32.0. The van der Waals surface area contributed by atoms with Gasteiger partial charge in [-0.2, -0.15) is 0 Å². The first-order chi connectivity index (χ1) is 13.6. The zero-order chi connectivity index (χ0) is 21.1. The number of guanidine groups is 2. The fourth-order valence-corrected chi connectivity index (χ4v) is 4.21. The Bertz CT molecular complexity index is 933. The number of nitrogens with zero attached hydrogens (tertiary/aromatic N) is 1. The molecule has 0 bridgehead atoms. The highest BCUT2D eigenvalue weighted by molar-refractivity contribution is 5.90. The van der Waals surface area contributed by atoms with Crippen LogP contribution in [0.5, 0.6) is 0 Å². The third kappa shape index (κ3) is 2.47. The number of carbonyl (C=O) groups is 1. The lowest BCUT2D eigenvalue weighted by atomic mass is 9.86. The van der Waals surface area contributed by atoms with E-state index in [0.717, 1.165) is 18.2 Å². The smallest absolute Gasteiger partial charge is 0.347 e. The van der Waals surface area contributed by atoms with Crippen molar-refractivity contribution >= 4 is 17.9 Å². The van der Waals surface area contributed by atoms with Crippen LogP contribution in [0.1, 0.15) is 10.4 Å². The molecule has 156 valence electrons. The first-order valence-electron chi connectivity index (χ1n) is 8.67. The lowest BCUT2D eigenvalue weighted by molar-refractivity contribution is -0.674. The van der Waals surface area contributed by atoms with Crippen molar-refractivity contribution in [3.8, 4) is 0 Å². The third-order valence-corrected chi connectivity index (χ3v) is 5.51. The van der Waals surface area contributed by atoms with E-state index in [1.807, 2.05) is 0 Å². The second-order valence-electron chi connectivity index (χ2n) is 7.07. The van der Waals surface area contributed by atoms with E-state index in [9.17, 15) is 28.9 Å². The molecule has 4 atom stereocenters. The molecule has 0 aliphatic carbocycles. The fourth-order valence-electron chi connectivity index (χ4n) is 4.21. The zero-order valence-corrected chi connectivity index (χ0v) is 14.9. The van der Waals surface area contributed by atoms with Crippen molar-refractivity contribution in [1.82, 2.24) is 10.6 Å². The van der Waals surface area contributed by atoms with Gasteiger partial charge in [0.25, 0.3) is 5.79 Å². The van der Waals surface area contributed by atoms with Gasteiger partial charge in [-0.05, 0) is 12.1 Å². The SMILES string of the molecule is NC1=[NH+][C@H]2[C@H](CO)NC(N)=[N+]3C[C@H](OC(=O)c4c(F)cccc4F)C(O)(O)[C@]23N1. The third-order valence-electron chi connectivity index (χ3n) is 5.51.